The lowest BCUT2D eigenvalue weighted by molar-refractivity contribution is -0.154. The van der Waals surface area contributed by atoms with Crippen LogP contribution in [0.15, 0.2) is 30.3 Å². The molecule has 1 amide bonds. The van der Waals surface area contributed by atoms with Crippen molar-refractivity contribution in [3.8, 4) is 11.8 Å². The molecule has 13 heteroatoms. The molecule has 6 nitrogen and oxygen atoms in total. The Morgan fingerprint density at radius 3 is 2.12 bits per heavy atom. The molecule has 0 radical (unpaired) electrons. The number of aromatic nitrogens is 2. The van der Waals surface area contributed by atoms with E-state index in [9.17, 15) is 31.1 Å². The Morgan fingerprint density at radius 1 is 1.06 bits per heavy atom. The predicted octanol–water partition coefficient (Wildman–Crippen LogP) is 5.40. The largest absolute Gasteiger partial charge is 0.477 e. The molecular formula is C21H20ClF6N3O3. The minimum atomic E-state index is -4.62. The molecule has 2 aromatic rings. The number of ether oxygens (including phenoxy) is 2. The van der Waals surface area contributed by atoms with Crippen molar-refractivity contribution in [1.82, 2.24) is 9.97 Å². The molecule has 1 N–H and O–H groups in total. The van der Waals surface area contributed by atoms with E-state index in [1.54, 1.807) is 0 Å². The first-order chi connectivity index (χ1) is 15.6. The Labute approximate surface area is 195 Å². The lowest BCUT2D eigenvalue weighted by atomic mass is 10.1. The molecule has 1 aliphatic rings. The van der Waals surface area contributed by atoms with Gasteiger partial charge in [-0.15, -0.1) is 11.6 Å². The van der Waals surface area contributed by atoms with Crippen LogP contribution in [0.1, 0.15) is 31.7 Å². The number of nitrogens with zero attached hydrogens (tertiary/aromatic N) is 2. The van der Waals surface area contributed by atoms with E-state index in [1.807, 2.05) is 13.8 Å². The summed E-state index contributed by atoms with van der Waals surface area (Å²) in [5, 5.41) is 2.38. The molecule has 0 spiro atoms. The molecule has 1 fully saturated rings. The number of anilines is 1. The number of carbonyl (C=O) groups excluding carboxylic acids is 1. The van der Waals surface area contributed by atoms with Gasteiger partial charge in [0.25, 0.3) is 0 Å². The van der Waals surface area contributed by atoms with Gasteiger partial charge in [-0.25, -0.2) is 0 Å². The summed E-state index contributed by atoms with van der Waals surface area (Å²) < 4.78 is 85.9. The first kappa shape index (κ1) is 25.9. The van der Waals surface area contributed by atoms with Crippen LogP contribution in [0.3, 0.4) is 0 Å². The Balaban J connectivity index is 1.71. The number of alkyl halides is 7. The summed E-state index contributed by atoms with van der Waals surface area (Å²) in [5.74, 6) is -1.46. The highest BCUT2D eigenvalue weighted by atomic mass is 35.5. The highest BCUT2D eigenvalue weighted by Gasteiger charge is 2.60. The monoisotopic (exact) mass is 511 g/mol. The number of benzene rings is 1. The number of hydrogen-bond donors (Lipinski definition) is 1. The summed E-state index contributed by atoms with van der Waals surface area (Å²) in [4.78, 5) is 19.7. The molecule has 0 saturated heterocycles. The first-order valence-corrected chi connectivity index (χ1v) is 10.3. The molecular weight excluding hydrogens is 492 g/mol. The second kappa shape index (κ2) is 9.12. The van der Waals surface area contributed by atoms with Crippen LogP contribution in [0.25, 0.3) is 0 Å². The minimum absolute atomic E-state index is 0.0852. The molecule has 3 rings (SSSR count). The zero-order valence-corrected chi connectivity index (χ0v) is 18.7. The van der Waals surface area contributed by atoms with Crippen molar-refractivity contribution in [1.29, 1.82) is 0 Å². The number of nitrogens with one attached hydrogen (secondary N) is 1. The number of carbonyl (C=O) groups is 1. The van der Waals surface area contributed by atoms with Crippen LogP contribution >= 0.6 is 11.6 Å². The summed E-state index contributed by atoms with van der Waals surface area (Å²) in [7, 11) is 0. The molecule has 34 heavy (non-hydrogen) atoms. The maximum Gasteiger partial charge on any atom is 0.422 e. The van der Waals surface area contributed by atoms with Crippen molar-refractivity contribution in [3.05, 3.63) is 41.7 Å². The highest BCUT2D eigenvalue weighted by molar-refractivity contribution is 6.26. The first-order valence-electron chi connectivity index (χ1n) is 9.93. The van der Waals surface area contributed by atoms with E-state index >= 15 is 0 Å². The fourth-order valence-corrected chi connectivity index (χ4v) is 3.40. The summed E-state index contributed by atoms with van der Waals surface area (Å²) in [5.41, 5.74) is -1.17. The SMILES string of the molecule is CC1(Cl)CC1(C)COc1cc(OCC(F)(F)F)nc(CC(=O)Nc2ccc(C(F)(F)F)cc2)n1. The fourth-order valence-electron chi connectivity index (χ4n) is 3.05. The van der Waals surface area contributed by atoms with Crippen molar-refractivity contribution >= 4 is 23.2 Å². The molecule has 1 aromatic carbocycles. The van der Waals surface area contributed by atoms with E-state index in [2.05, 4.69) is 20.0 Å². The summed E-state index contributed by atoms with van der Waals surface area (Å²) in [6.07, 6.45) is -8.98. The van der Waals surface area contributed by atoms with Gasteiger partial charge in [0.15, 0.2) is 6.61 Å². The van der Waals surface area contributed by atoms with Crippen LogP contribution in [0.5, 0.6) is 11.8 Å². The quantitative estimate of drug-likeness (QED) is 0.379. The minimum Gasteiger partial charge on any atom is -0.477 e. The number of amides is 1. The Morgan fingerprint density at radius 2 is 1.62 bits per heavy atom. The van der Waals surface area contributed by atoms with Crippen molar-refractivity contribution in [2.75, 3.05) is 18.5 Å². The van der Waals surface area contributed by atoms with Gasteiger partial charge in [0.05, 0.1) is 29.5 Å². The lowest BCUT2D eigenvalue weighted by Gasteiger charge is -2.16. The second-order valence-corrected chi connectivity index (χ2v) is 9.22. The van der Waals surface area contributed by atoms with Crippen LogP contribution in [0.2, 0.25) is 0 Å². The molecule has 186 valence electrons. The van der Waals surface area contributed by atoms with Crippen molar-refractivity contribution in [2.24, 2.45) is 5.41 Å². The van der Waals surface area contributed by atoms with Gasteiger partial charge in [-0.05, 0) is 37.6 Å². The zero-order chi connectivity index (χ0) is 25.4. The standard InChI is InChI=1S/C21H20ClF6N3O3/c1-18(9-19(18,2)22)10-33-16-8-17(34-11-20(23,24)25)31-14(30-16)7-15(32)29-13-5-3-12(4-6-13)21(26,27)28/h3-6,8H,7,9-11H2,1-2H3,(H,29,32). The van der Waals surface area contributed by atoms with E-state index < -0.39 is 47.6 Å². The van der Waals surface area contributed by atoms with Gasteiger partial charge in [-0.2, -0.15) is 36.3 Å². The van der Waals surface area contributed by atoms with Gasteiger partial charge in [-0.1, -0.05) is 6.92 Å². The molecule has 1 aromatic heterocycles. The molecule has 1 aliphatic carbocycles. The predicted molar refractivity (Wildman–Crippen MR) is 110 cm³/mol. The summed E-state index contributed by atoms with van der Waals surface area (Å²) >= 11 is 6.28. The summed E-state index contributed by atoms with van der Waals surface area (Å²) in [6, 6.07) is 4.80. The van der Waals surface area contributed by atoms with Gasteiger partial charge in [0, 0.05) is 11.1 Å². The Hall–Kier alpha value is -2.76. The summed E-state index contributed by atoms with van der Waals surface area (Å²) in [6.45, 7) is 2.21. The fraction of sp³-hybridized carbons (Fsp3) is 0.476. The van der Waals surface area contributed by atoms with Crippen molar-refractivity contribution < 1.29 is 40.6 Å². The lowest BCUT2D eigenvalue weighted by Crippen LogP contribution is -2.21. The number of hydrogen-bond acceptors (Lipinski definition) is 5. The second-order valence-electron chi connectivity index (χ2n) is 8.39. The third-order valence-electron chi connectivity index (χ3n) is 5.32. The van der Waals surface area contributed by atoms with E-state index in [-0.39, 0.29) is 29.4 Å². The van der Waals surface area contributed by atoms with E-state index in [0.29, 0.717) is 6.42 Å². The van der Waals surface area contributed by atoms with Crippen molar-refractivity contribution in [2.45, 2.75) is 43.9 Å². The van der Waals surface area contributed by atoms with E-state index in [4.69, 9.17) is 16.3 Å². The maximum absolute atomic E-state index is 12.7. The van der Waals surface area contributed by atoms with Crippen LogP contribution < -0.4 is 14.8 Å². The zero-order valence-electron chi connectivity index (χ0n) is 18.0. The van der Waals surface area contributed by atoms with Gasteiger partial charge in [0.2, 0.25) is 17.7 Å². The molecule has 1 heterocycles. The normalized spacial score (nSPS) is 22.3. The average molecular weight is 512 g/mol. The van der Waals surface area contributed by atoms with Gasteiger partial charge >= 0.3 is 12.4 Å². The van der Waals surface area contributed by atoms with Crippen LogP contribution in [-0.2, 0) is 17.4 Å². The van der Waals surface area contributed by atoms with Crippen molar-refractivity contribution in [3.63, 3.8) is 0 Å². The molecule has 0 bridgehead atoms. The third kappa shape index (κ3) is 6.87. The van der Waals surface area contributed by atoms with E-state index in [1.165, 1.54) is 0 Å². The third-order valence-corrected chi connectivity index (χ3v) is 5.91. The van der Waals surface area contributed by atoms with E-state index in [0.717, 1.165) is 30.3 Å². The molecule has 1 saturated carbocycles. The average Bonchev–Trinajstić information content (AvgIpc) is 3.21. The smallest absolute Gasteiger partial charge is 0.422 e. The van der Waals surface area contributed by atoms with Crippen LogP contribution in [-0.4, -0.2) is 40.1 Å². The van der Waals surface area contributed by atoms with Gasteiger partial charge in [0.1, 0.15) is 5.82 Å². The van der Waals surface area contributed by atoms with Gasteiger partial charge < -0.3 is 14.8 Å². The van der Waals surface area contributed by atoms with Gasteiger partial charge in [-0.3, -0.25) is 4.79 Å². The maximum atomic E-state index is 12.7. The molecule has 2 unspecified atom stereocenters. The number of rotatable bonds is 8. The Kier molecular flexibility index (Phi) is 6.94. The molecule has 2 atom stereocenters. The van der Waals surface area contributed by atoms with Crippen LogP contribution in [0, 0.1) is 5.41 Å². The number of halogens is 7. The topological polar surface area (TPSA) is 73.3 Å². The Bertz CT molecular complexity index is 1040. The molecule has 0 aliphatic heterocycles. The van der Waals surface area contributed by atoms with Crippen LogP contribution in [0.4, 0.5) is 32.0 Å². The highest BCUT2D eigenvalue weighted by Crippen LogP contribution is 2.60.